The van der Waals surface area contributed by atoms with Crippen molar-refractivity contribution in [2.45, 2.75) is 25.3 Å². The Balaban J connectivity index is 1.40. The third-order valence-corrected chi connectivity index (χ3v) is 6.74. The molecule has 5 rings (SSSR count). The summed E-state index contributed by atoms with van der Waals surface area (Å²) in [5.41, 5.74) is 4.98. The van der Waals surface area contributed by atoms with Crippen LogP contribution in [0.15, 0.2) is 72.9 Å². The number of fused-ring (bicyclic) bond motifs is 1. The van der Waals surface area contributed by atoms with Gasteiger partial charge in [0.2, 0.25) is 0 Å². The van der Waals surface area contributed by atoms with Gasteiger partial charge >= 0.3 is 6.03 Å². The van der Waals surface area contributed by atoms with Gasteiger partial charge in [0.05, 0.1) is 18.3 Å². The SMILES string of the molecule is COc1cccc(-c2nc([C@@H]3CCCN(C(=O)Nc4ccccc4CN(C)C)C3)n3ccccc23)c1. The van der Waals surface area contributed by atoms with Crippen LogP contribution in [0.2, 0.25) is 0 Å². The number of anilines is 1. The molecule has 0 radical (unpaired) electrons. The number of nitrogens with one attached hydrogen (secondary N) is 1. The maximum atomic E-state index is 13.3. The molecule has 1 aliphatic rings. The number of likely N-dealkylation sites (tertiary alicyclic amines) is 1. The van der Waals surface area contributed by atoms with E-state index >= 15 is 0 Å². The van der Waals surface area contributed by atoms with Gasteiger partial charge in [0.1, 0.15) is 11.6 Å². The molecule has 7 heteroatoms. The fourth-order valence-electron chi connectivity index (χ4n) is 5.02. The third kappa shape index (κ3) is 4.93. The summed E-state index contributed by atoms with van der Waals surface area (Å²) in [5.74, 6) is 1.95. The summed E-state index contributed by atoms with van der Waals surface area (Å²) in [6.07, 6.45) is 4.00. The highest BCUT2D eigenvalue weighted by molar-refractivity contribution is 5.90. The molecule has 4 aromatic rings. The van der Waals surface area contributed by atoms with Crippen LogP contribution in [0, 0.1) is 0 Å². The summed E-state index contributed by atoms with van der Waals surface area (Å²) in [4.78, 5) is 22.5. The molecule has 186 valence electrons. The fraction of sp³-hybridized carbons (Fsp3) is 0.310. The number of pyridine rings is 1. The predicted octanol–water partition coefficient (Wildman–Crippen LogP) is 5.48. The lowest BCUT2D eigenvalue weighted by atomic mass is 9.97. The Kier molecular flexibility index (Phi) is 6.91. The number of nitrogens with zero attached hydrogens (tertiary/aromatic N) is 4. The van der Waals surface area contributed by atoms with E-state index in [1.165, 1.54) is 0 Å². The number of piperidine rings is 1. The lowest BCUT2D eigenvalue weighted by Gasteiger charge is -2.32. The van der Waals surface area contributed by atoms with Crippen molar-refractivity contribution in [1.82, 2.24) is 19.2 Å². The average Bonchev–Trinajstić information content (AvgIpc) is 3.29. The van der Waals surface area contributed by atoms with Crippen molar-refractivity contribution in [2.24, 2.45) is 0 Å². The number of urea groups is 1. The first-order chi connectivity index (χ1) is 17.5. The monoisotopic (exact) mass is 483 g/mol. The minimum atomic E-state index is -0.0558. The molecule has 1 fully saturated rings. The number of methoxy groups -OCH3 is 1. The van der Waals surface area contributed by atoms with Crippen LogP contribution in [0.5, 0.6) is 5.75 Å². The highest BCUT2D eigenvalue weighted by Crippen LogP contribution is 2.33. The van der Waals surface area contributed by atoms with E-state index in [-0.39, 0.29) is 11.9 Å². The summed E-state index contributed by atoms with van der Waals surface area (Å²) >= 11 is 0. The van der Waals surface area contributed by atoms with Gasteiger partial charge in [-0.05, 0) is 62.8 Å². The molecule has 2 aromatic heterocycles. The van der Waals surface area contributed by atoms with E-state index in [0.717, 1.165) is 65.5 Å². The van der Waals surface area contributed by atoms with Crippen molar-refractivity contribution < 1.29 is 9.53 Å². The van der Waals surface area contributed by atoms with E-state index in [2.05, 4.69) is 39.0 Å². The van der Waals surface area contributed by atoms with Crippen molar-refractivity contribution in [1.29, 1.82) is 0 Å². The van der Waals surface area contributed by atoms with Crippen LogP contribution in [-0.4, -0.2) is 59.5 Å². The van der Waals surface area contributed by atoms with Crippen molar-refractivity contribution in [2.75, 3.05) is 39.6 Å². The van der Waals surface area contributed by atoms with E-state index < -0.39 is 0 Å². The molecule has 3 heterocycles. The Morgan fingerprint density at radius 1 is 1.11 bits per heavy atom. The number of imidazole rings is 1. The van der Waals surface area contributed by atoms with Gasteiger partial charge in [0.25, 0.3) is 0 Å². The largest absolute Gasteiger partial charge is 0.497 e. The van der Waals surface area contributed by atoms with Crippen LogP contribution in [0.1, 0.15) is 30.1 Å². The lowest BCUT2D eigenvalue weighted by Crippen LogP contribution is -2.42. The summed E-state index contributed by atoms with van der Waals surface area (Å²) in [6.45, 7) is 2.14. The zero-order valence-electron chi connectivity index (χ0n) is 21.1. The number of ether oxygens (including phenoxy) is 1. The summed E-state index contributed by atoms with van der Waals surface area (Å²) < 4.78 is 7.62. The molecule has 0 spiro atoms. The molecule has 1 saturated heterocycles. The number of amides is 2. The molecule has 7 nitrogen and oxygen atoms in total. The number of hydrogen-bond donors (Lipinski definition) is 1. The second-order valence-corrected chi connectivity index (χ2v) is 9.62. The molecule has 1 N–H and O–H groups in total. The molecule has 1 atom stereocenters. The number of rotatable bonds is 6. The molecule has 0 unspecified atom stereocenters. The second-order valence-electron chi connectivity index (χ2n) is 9.62. The molecular formula is C29H33N5O2. The highest BCUT2D eigenvalue weighted by Gasteiger charge is 2.29. The first-order valence-electron chi connectivity index (χ1n) is 12.4. The molecular weight excluding hydrogens is 450 g/mol. The van der Waals surface area contributed by atoms with Crippen molar-refractivity contribution in [3.63, 3.8) is 0 Å². The van der Waals surface area contributed by atoms with E-state index in [0.29, 0.717) is 6.54 Å². The Morgan fingerprint density at radius 2 is 1.94 bits per heavy atom. The zero-order valence-corrected chi connectivity index (χ0v) is 21.1. The molecule has 36 heavy (non-hydrogen) atoms. The highest BCUT2D eigenvalue weighted by atomic mass is 16.5. The van der Waals surface area contributed by atoms with E-state index in [4.69, 9.17) is 9.72 Å². The maximum Gasteiger partial charge on any atom is 0.321 e. The Hall–Kier alpha value is -3.84. The van der Waals surface area contributed by atoms with Crippen molar-refractivity contribution in [3.05, 3.63) is 84.3 Å². The zero-order chi connectivity index (χ0) is 25.1. The van der Waals surface area contributed by atoms with Crippen molar-refractivity contribution >= 4 is 17.2 Å². The number of aromatic nitrogens is 2. The summed E-state index contributed by atoms with van der Waals surface area (Å²) in [6, 6.07) is 22.1. The van der Waals surface area contributed by atoms with Crippen LogP contribution >= 0.6 is 0 Å². The Labute approximate surface area is 212 Å². The third-order valence-electron chi connectivity index (χ3n) is 6.74. The summed E-state index contributed by atoms with van der Waals surface area (Å²) in [7, 11) is 5.74. The number of hydrogen-bond acceptors (Lipinski definition) is 4. The lowest BCUT2D eigenvalue weighted by molar-refractivity contribution is 0.191. The minimum absolute atomic E-state index is 0.0558. The standard InChI is InChI=1S/C29H33N5O2/c1-32(2)19-22-10-4-5-14-25(22)30-29(35)33-16-9-12-23(20-33)28-31-27(26-15-6-7-17-34(26)28)21-11-8-13-24(18-21)36-3/h4-8,10-11,13-15,17-18,23H,9,12,16,19-20H2,1-3H3,(H,30,35)/t23-/m1/s1. The van der Waals surface area contributed by atoms with Crippen LogP contribution < -0.4 is 10.1 Å². The maximum absolute atomic E-state index is 13.3. The van der Waals surface area contributed by atoms with Crippen LogP contribution in [0.4, 0.5) is 10.5 Å². The molecule has 0 aliphatic carbocycles. The summed E-state index contributed by atoms with van der Waals surface area (Å²) in [5, 5.41) is 3.16. The normalized spacial score (nSPS) is 15.9. The number of carbonyl (C=O) groups excluding carboxylic acids is 1. The number of carbonyl (C=O) groups is 1. The van der Waals surface area contributed by atoms with Gasteiger partial charge in [0, 0.05) is 43.0 Å². The molecule has 0 bridgehead atoms. The minimum Gasteiger partial charge on any atom is -0.497 e. The number of benzene rings is 2. The van der Waals surface area contributed by atoms with Crippen LogP contribution in [0.3, 0.4) is 0 Å². The molecule has 2 aromatic carbocycles. The number of para-hydroxylation sites is 1. The van der Waals surface area contributed by atoms with Crippen LogP contribution in [0.25, 0.3) is 16.8 Å². The van der Waals surface area contributed by atoms with Crippen molar-refractivity contribution in [3.8, 4) is 17.0 Å². The first kappa shape index (κ1) is 23.9. The topological polar surface area (TPSA) is 62.1 Å². The molecule has 2 amide bonds. The van der Waals surface area contributed by atoms with Gasteiger partial charge < -0.3 is 24.3 Å². The van der Waals surface area contributed by atoms with Gasteiger partial charge in [-0.15, -0.1) is 0 Å². The van der Waals surface area contributed by atoms with Crippen LogP contribution in [-0.2, 0) is 6.54 Å². The Morgan fingerprint density at radius 3 is 2.78 bits per heavy atom. The van der Waals surface area contributed by atoms with Gasteiger partial charge in [0.15, 0.2) is 0 Å². The van der Waals surface area contributed by atoms with Gasteiger partial charge in [-0.1, -0.05) is 36.4 Å². The van der Waals surface area contributed by atoms with Gasteiger partial charge in [-0.25, -0.2) is 9.78 Å². The van der Waals surface area contributed by atoms with Gasteiger partial charge in [-0.2, -0.15) is 0 Å². The first-order valence-corrected chi connectivity index (χ1v) is 12.4. The van der Waals surface area contributed by atoms with Gasteiger partial charge in [-0.3, -0.25) is 0 Å². The quantitative estimate of drug-likeness (QED) is 0.394. The van der Waals surface area contributed by atoms with E-state index in [1.807, 2.05) is 67.5 Å². The molecule has 1 aliphatic heterocycles. The van der Waals surface area contributed by atoms with E-state index in [9.17, 15) is 4.79 Å². The molecule has 0 saturated carbocycles. The van der Waals surface area contributed by atoms with E-state index in [1.54, 1.807) is 7.11 Å². The second kappa shape index (κ2) is 10.4. The average molecular weight is 484 g/mol. The fourth-order valence-corrected chi connectivity index (χ4v) is 5.02. The Bertz CT molecular complexity index is 1360. The smallest absolute Gasteiger partial charge is 0.321 e. The predicted molar refractivity (Wildman–Crippen MR) is 144 cm³/mol.